The number of rotatable bonds is 4. The Kier molecular flexibility index (Phi) is 2.61. The fraction of sp³-hybridized carbons (Fsp3) is 1.00. The Morgan fingerprint density at radius 3 is 2.15 bits per heavy atom. The Hall–Kier alpha value is -0.0400. The average Bonchev–Trinajstić information content (AvgIpc) is 2.81. The van der Waals surface area contributed by atoms with Gasteiger partial charge in [-0.05, 0) is 85.9 Å². The molecule has 0 aromatic heterocycles. The number of aliphatic hydroxyl groups is 1. The largest absolute Gasteiger partial charge is 0.390 e. The summed E-state index contributed by atoms with van der Waals surface area (Å²) in [4.78, 5) is 0. The first kappa shape index (κ1) is 13.6. The Morgan fingerprint density at radius 2 is 1.60 bits per heavy atom. The molecule has 20 heavy (non-hydrogen) atoms. The summed E-state index contributed by atoms with van der Waals surface area (Å²) in [7, 11) is 0. The fourth-order valence-electron chi connectivity index (χ4n) is 7.83. The summed E-state index contributed by atoms with van der Waals surface area (Å²) in [6.07, 6.45) is 13.4. The van der Waals surface area contributed by atoms with Crippen molar-refractivity contribution < 1.29 is 5.11 Å². The normalized spacial score (nSPS) is 60.0. The lowest BCUT2D eigenvalue weighted by Crippen LogP contribution is -2.56. The summed E-state index contributed by atoms with van der Waals surface area (Å²) >= 11 is 0. The predicted octanol–water partition coefficient (Wildman–Crippen LogP) is 4.92. The van der Waals surface area contributed by atoms with Gasteiger partial charge in [-0.25, -0.2) is 0 Å². The van der Waals surface area contributed by atoms with Crippen LogP contribution in [0.2, 0.25) is 0 Å². The minimum Gasteiger partial charge on any atom is -0.390 e. The van der Waals surface area contributed by atoms with Gasteiger partial charge in [-0.2, -0.15) is 0 Å². The summed E-state index contributed by atoms with van der Waals surface area (Å²) in [5.74, 6) is 1.59. The van der Waals surface area contributed by atoms with Crippen LogP contribution >= 0.6 is 0 Å². The van der Waals surface area contributed by atoms with Crippen LogP contribution < -0.4 is 0 Å². The third kappa shape index (κ3) is 1.99. The van der Waals surface area contributed by atoms with Crippen LogP contribution in [0.3, 0.4) is 0 Å². The lowest BCUT2D eigenvalue weighted by atomic mass is 9.39. The van der Waals surface area contributed by atoms with Gasteiger partial charge in [0.1, 0.15) is 0 Å². The summed E-state index contributed by atoms with van der Waals surface area (Å²) in [5.41, 5.74) is 1.42. The molecular formula is C19H32O. The standard InChI is InChI=1S/C19H32O/c1-4-5-15-9-19(15,20)13-18-8-14-6-16(2,11-18)10-17(3,7-14)12-18/h14-15,20H,4-13H2,1-3H3. The number of hydrogen-bond donors (Lipinski definition) is 1. The molecule has 114 valence electrons. The van der Waals surface area contributed by atoms with Crippen LogP contribution in [-0.2, 0) is 0 Å². The van der Waals surface area contributed by atoms with Crippen molar-refractivity contribution in [3.8, 4) is 0 Å². The Morgan fingerprint density at radius 1 is 0.950 bits per heavy atom. The molecule has 0 radical (unpaired) electrons. The molecule has 0 amide bonds. The fourth-order valence-corrected chi connectivity index (χ4v) is 7.83. The Balaban J connectivity index is 1.56. The molecule has 4 unspecified atom stereocenters. The molecule has 4 bridgehead atoms. The maximum atomic E-state index is 10.9. The van der Waals surface area contributed by atoms with Gasteiger partial charge in [-0.15, -0.1) is 0 Å². The van der Waals surface area contributed by atoms with Crippen LogP contribution in [0.1, 0.15) is 85.0 Å². The van der Waals surface area contributed by atoms with Crippen molar-refractivity contribution in [1.82, 2.24) is 0 Å². The summed E-state index contributed by atoms with van der Waals surface area (Å²) < 4.78 is 0. The zero-order valence-corrected chi connectivity index (χ0v) is 13.7. The maximum absolute atomic E-state index is 10.9. The molecule has 0 aliphatic heterocycles. The summed E-state index contributed by atoms with van der Waals surface area (Å²) in [6.45, 7) is 7.35. The molecule has 1 nitrogen and oxygen atoms in total. The van der Waals surface area contributed by atoms with Crippen LogP contribution in [0.4, 0.5) is 0 Å². The Labute approximate surface area is 124 Å². The molecule has 4 atom stereocenters. The van der Waals surface area contributed by atoms with E-state index < -0.39 is 0 Å². The zero-order valence-electron chi connectivity index (χ0n) is 13.7. The van der Waals surface area contributed by atoms with Crippen molar-refractivity contribution in [3.05, 3.63) is 0 Å². The highest BCUT2D eigenvalue weighted by Crippen LogP contribution is 2.72. The lowest BCUT2D eigenvalue weighted by molar-refractivity contribution is -0.160. The summed E-state index contributed by atoms with van der Waals surface area (Å²) in [6, 6.07) is 0. The third-order valence-electron chi connectivity index (χ3n) is 7.26. The van der Waals surface area contributed by atoms with Crippen LogP contribution in [0.5, 0.6) is 0 Å². The van der Waals surface area contributed by atoms with E-state index in [1.807, 2.05) is 0 Å². The lowest BCUT2D eigenvalue weighted by Gasteiger charge is -2.66. The molecule has 0 spiro atoms. The molecule has 5 rings (SSSR count). The minimum absolute atomic E-state index is 0.269. The molecule has 0 aromatic rings. The summed E-state index contributed by atoms with van der Waals surface area (Å²) in [5, 5.41) is 10.9. The maximum Gasteiger partial charge on any atom is 0.0685 e. The molecule has 0 aromatic carbocycles. The number of hydrogen-bond acceptors (Lipinski definition) is 1. The molecule has 5 aliphatic rings. The van der Waals surface area contributed by atoms with Gasteiger partial charge < -0.3 is 5.11 Å². The van der Waals surface area contributed by atoms with E-state index in [1.165, 1.54) is 51.4 Å². The van der Waals surface area contributed by atoms with Crippen molar-refractivity contribution in [2.24, 2.45) is 28.1 Å². The zero-order chi connectivity index (χ0) is 14.2. The van der Waals surface area contributed by atoms with Crippen LogP contribution in [0, 0.1) is 28.1 Å². The van der Waals surface area contributed by atoms with Gasteiger partial charge in [-0.3, -0.25) is 0 Å². The van der Waals surface area contributed by atoms with E-state index in [0.29, 0.717) is 22.2 Å². The second-order valence-corrected chi connectivity index (χ2v) is 10.1. The van der Waals surface area contributed by atoms with Gasteiger partial charge in [0.15, 0.2) is 0 Å². The topological polar surface area (TPSA) is 20.2 Å². The predicted molar refractivity (Wildman–Crippen MR) is 82.4 cm³/mol. The molecular weight excluding hydrogens is 244 g/mol. The molecule has 0 heterocycles. The van der Waals surface area contributed by atoms with Gasteiger partial charge in [0.05, 0.1) is 5.60 Å². The van der Waals surface area contributed by atoms with Crippen molar-refractivity contribution in [2.45, 2.75) is 90.6 Å². The van der Waals surface area contributed by atoms with Crippen molar-refractivity contribution in [2.75, 3.05) is 0 Å². The van der Waals surface area contributed by atoms with Crippen LogP contribution in [0.25, 0.3) is 0 Å². The van der Waals surface area contributed by atoms with Crippen molar-refractivity contribution >= 4 is 0 Å². The highest BCUT2D eigenvalue weighted by Gasteiger charge is 2.64. The highest BCUT2D eigenvalue weighted by molar-refractivity contribution is 5.15. The molecule has 5 fully saturated rings. The van der Waals surface area contributed by atoms with Crippen LogP contribution in [-0.4, -0.2) is 10.7 Å². The molecule has 1 heteroatoms. The smallest absolute Gasteiger partial charge is 0.0685 e. The van der Waals surface area contributed by atoms with E-state index in [2.05, 4.69) is 20.8 Å². The van der Waals surface area contributed by atoms with E-state index in [1.54, 1.807) is 0 Å². The first-order valence-electron chi connectivity index (χ1n) is 9.00. The van der Waals surface area contributed by atoms with Crippen molar-refractivity contribution in [3.63, 3.8) is 0 Å². The first-order chi connectivity index (χ1) is 9.28. The SMILES string of the molecule is CCCC1CC1(O)CC12CC3CC(C)(CC(C)(C3)C1)C2. The van der Waals surface area contributed by atoms with Gasteiger partial charge in [0, 0.05) is 0 Å². The second-order valence-electron chi connectivity index (χ2n) is 10.1. The monoisotopic (exact) mass is 276 g/mol. The van der Waals surface area contributed by atoms with E-state index in [4.69, 9.17) is 0 Å². The minimum atomic E-state index is -0.269. The van der Waals surface area contributed by atoms with Gasteiger partial charge in [-0.1, -0.05) is 27.2 Å². The quantitative estimate of drug-likeness (QED) is 0.772. The average molecular weight is 276 g/mol. The second kappa shape index (κ2) is 3.83. The van der Waals surface area contributed by atoms with Gasteiger partial charge in [0.25, 0.3) is 0 Å². The molecule has 0 saturated heterocycles. The van der Waals surface area contributed by atoms with E-state index in [-0.39, 0.29) is 5.60 Å². The van der Waals surface area contributed by atoms with Crippen LogP contribution in [0.15, 0.2) is 0 Å². The van der Waals surface area contributed by atoms with E-state index >= 15 is 0 Å². The van der Waals surface area contributed by atoms with Gasteiger partial charge in [0.2, 0.25) is 0 Å². The molecule has 5 aliphatic carbocycles. The van der Waals surface area contributed by atoms with E-state index in [9.17, 15) is 5.11 Å². The first-order valence-corrected chi connectivity index (χ1v) is 9.00. The molecule has 5 saturated carbocycles. The van der Waals surface area contributed by atoms with E-state index in [0.717, 1.165) is 18.8 Å². The van der Waals surface area contributed by atoms with Crippen molar-refractivity contribution in [1.29, 1.82) is 0 Å². The third-order valence-corrected chi connectivity index (χ3v) is 7.26. The highest BCUT2D eigenvalue weighted by atomic mass is 16.3. The Bertz CT molecular complexity index is 409. The molecule has 1 N–H and O–H groups in total. The van der Waals surface area contributed by atoms with Gasteiger partial charge >= 0.3 is 0 Å².